The first-order chi connectivity index (χ1) is 26.8. The zero-order valence-electron chi connectivity index (χ0n) is 33.7. The van der Waals surface area contributed by atoms with E-state index < -0.39 is 0 Å². The first-order valence-electron chi connectivity index (χ1n) is 21.4. The Hall–Kier alpha value is -4.64. The van der Waals surface area contributed by atoms with E-state index in [-0.39, 0.29) is 0 Å². The SMILES string of the molecule is CC1=CCC[C@H](C)C1c1c(C2CCCCC2)nn(-c2cc(Oc3ccc4c5ccccc5n(-c5cc(C)ccn5)c4c3)cc(C(C)C)c2)c1C1CCCCC1. The van der Waals surface area contributed by atoms with Crippen molar-refractivity contribution < 1.29 is 4.74 Å². The number of ether oxygens (including phenoxy) is 1. The Morgan fingerprint density at radius 2 is 1.47 bits per heavy atom. The van der Waals surface area contributed by atoms with Gasteiger partial charge in [0.1, 0.15) is 17.3 Å². The quantitative estimate of drug-likeness (QED) is 0.146. The molecule has 3 aliphatic rings. The van der Waals surface area contributed by atoms with Crippen molar-refractivity contribution >= 4 is 21.8 Å². The first kappa shape index (κ1) is 36.0. The van der Waals surface area contributed by atoms with Crippen LogP contribution in [0.5, 0.6) is 11.5 Å². The lowest BCUT2D eigenvalue weighted by Gasteiger charge is -2.33. The lowest BCUT2D eigenvalue weighted by molar-refractivity contribution is 0.406. The molecule has 0 saturated heterocycles. The number of pyridine rings is 1. The molecule has 3 aliphatic carbocycles. The largest absolute Gasteiger partial charge is 0.457 e. The van der Waals surface area contributed by atoms with Gasteiger partial charge in [0.05, 0.1) is 28.1 Å². The molecule has 2 saturated carbocycles. The van der Waals surface area contributed by atoms with E-state index in [1.807, 2.05) is 6.20 Å². The maximum absolute atomic E-state index is 6.96. The van der Waals surface area contributed by atoms with Crippen LogP contribution in [0.4, 0.5) is 0 Å². The summed E-state index contributed by atoms with van der Waals surface area (Å²) >= 11 is 0. The third kappa shape index (κ3) is 6.83. The van der Waals surface area contributed by atoms with Gasteiger partial charge in [0.25, 0.3) is 0 Å². The molecule has 3 heterocycles. The zero-order chi connectivity index (χ0) is 37.6. The molecule has 6 aromatic rings. The van der Waals surface area contributed by atoms with Gasteiger partial charge in [-0.2, -0.15) is 5.10 Å². The molecule has 5 heteroatoms. The average molecular weight is 731 g/mol. The highest BCUT2D eigenvalue weighted by Gasteiger charge is 2.37. The summed E-state index contributed by atoms with van der Waals surface area (Å²) in [7, 11) is 0. The predicted octanol–water partition coefficient (Wildman–Crippen LogP) is 14.1. The van der Waals surface area contributed by atoms with E-state index >= 15 is 0 Å². The first-order valence-corrected chi connectivity index (χ1v) is 21.4. The van der Waals surface area contributed by atoms with Gasteiger partial charge in [-0.3, -0.25) is 4.57 Å². The van der Waals surface area contributed by atoms with E-state index in [0.29, 0.717) is 29.6 Å². The molecular weight excluding hydrogens is 673 g/mol. The van der Waals surface area contributed by atoms with Crippen molar-refractivity contribution in [2.75, 3.05) is 0 Å². The fraction of sp³-hybridized carbons (Fsp3) is 0.440. The summed E-state index contributed by atoms with van der Waals surface area (Å²) in [5, 5.41) is 8.22. The Morgan fingerprint density at radius 1 is 0.727 bits per heavy atom. The van der Waals surface area contributed by atoms with Crippen molar-refractivity contribution in [3.05, 3.63) is 119 Å². The number of nitrogens with zero attached hydrogens (tertiary/aromatic N) is 4. The molecule has 55 heavy (non-hydrogen) atoms. The van der Waals surface area contributed by atoms with Crippen LogP contribution < -0.4 is 4.74 Å². The van der Waals surface area contributed by atoms with Crippen LogP contribution in [0, 0.1) is 12.8 Å². The lowest BCUT2D eigenvalue weighted by Crippen LogP contribution is -2.21. The van der Waals surface area contributed by atoms with Crippen LogP contribution in [-0.2, 0) is 0 Å². The second-order valence-corrected chi connectivity index (χ2v) is 17.5. The van der Waals surface area contributed by atoms with Gasteiger partial charge in [0.15, 0.2) is 0 Å². The van der Waals surface area contributed by atoms with E-state index in [1.54, 1.807) is 11.1 Å². The molecule has 2 atom stereocenters. The van der Waals surface area contributed by atoms with Crippen molar-refractivity contribution in [1.82, 2.24) is 19.3 Å². The number of para-hydroxylation sites is 1. The predicted molar refractivity (Wildman–Crippen MR) is 228 cm³/mol. The molecule has 0 amide bonds. The summed E-state index contributed by atoms with van der Waals surface area (Å²) in [5.74, 6) is 5.09. The molecule has 1 unspecified atom stereocenters. The number of hydrogen-bond donors (Lipinski definition) is 0. The van der Waals surface area contributed by atoms with Gasteiger partial charge in [-0.05, 0) is 118 Å². The van der Waals surface area contributed by atoms with Gasteiger partial charge in [0, 0.05) is 52.4 Å². The van der Waals surface area contributed by atoms with Crippen molar-refractivity contribution in [2.24, 2.45) is 5.92 Å². The monoisotopic (exact) mass is 730 g/mol. The molecule has 0 bridgehead atoms. The number of rotatable bonds is 8. The van der Waals surface area contributed by atoms with Crippen LogP contribution in [-0.4, -0.2) is 19.3 Å². The number of hydrogen-bond acceptors (Lipinski definition) is 3. The number of benzene rings is 3. The van der Waals surface area contributed by atoms with Gasteiger partial charge >= 0.3 is 0 Å². The van der Waals surface area contributed by atoms with Crippen LogP contribution >= 0.6 is 0 Å². The van der Waals surface area contributed by atoms with E-state index in [0.717, 1.165) is 34.0 Å². The van der Waals surface area contributed by atoms with Crippen LogP contribution in [0.3, 0.4) is 0 Å². The Balaban J connectivity index is 1.20. The highest BCUT2D eigenvalue weighted by molar-refractivity contribution is 6.09. The normalized spacial score (nSPS) is 20.1. The minimum absolute atomic E-state index is 0.342. The molecular formula is C50H58N4O. The number of fused-ring (bicyclic) bond motifs is 3. The molecule has 3 aromatic carbocycles. The van der Waals surface area contributed by atoms with Crippen LogP contribution in [0.2, 0.25) is 0 Å². The summed E-state index contributed by atoms with van der Waals surface area (Å²) in [6.07, 6.45) is 19.9. The minimum atomic E-state index is 0.342. The van der Waals surface area contributed by atoms with Gasteiger partial charge in [0.2, 0.25) is 0 Å². The summed E-state index contributed by atoms with van der Waals surface area (Å²) in [5.41, 5.74) is 11.9. The molecule has 0 spiro atoms. The average Bonchev–Trinajstić information content (AvgIpc) is 3.75. The Labute approximate surface area is 327 Å². The molecule has 0 radical (unpaired) electrons. The Bertz CT molecular complexity index is 2360. The second-order valence-electron chi connectivity index (χ2n) is 17.5. The smallest absolute Gasteiger partial charge is 0.137 e. The Kier molecular flexibility index (Phi) is 9.91. The zero-order valence-corrected chi connectivity index (χ0v) is 33.7. The van der Waals surface area contributed by atoms with Crippen LogP contribution in [0.15, 0.2) is 90.6 Å². The summed E-state index contributed by atoms with van der Waals surface area (Å²) in [6, 6.07) is 26.3. The topological polar surface area (TPSA) is 44.9 Å². The van der Waals surface area contributed by atoms with Gasteiger partial charge in [-0.1, -0.05) is 89.1 Å². The van der Waals surface area contributed by atoms with Gasteiger partial charge < -0.3 is 4.74 Å². The van der Waals surface area contributed by atoms with Crippen molar-refractivity contribution in [2.45, 2.75) is 135 Å². The van der Waals surface area contributed by atoms with Gasteiger partial charge in [-0.25, -0.2) is 9.67 Å². The van der Waals surface area contributed by atoms with E-state index in [2.05, 4.69) is 123 Å². The lowest BCUT2D eigenvalue weighted by atomic mass is 9.71. The van der Waals surface area contributed by atoms with Gasteiger partial charge in [-0.15, -0.1) is 0 Å². The Morgan fingerprint density at radius 3 is 2.22 bits per heavy atom. The summed E-state index contributed by atoms with van der Waals surface area (Å²) in [6.45, 7) is 11.6. The van der Waals surface area contributed by atoms with Crippen molar-refractivity contribution in [3.63, 3.8) is 0 Å². The highest BCUT2D eigenvalue weighted by Crippen LogP contribution is 2.49. The highest BCUT2D eigenvalue weighted by atomic mass is 16.5. The minimum Gasteiger partial charge on any atom is -0.457 e. The van der Waals surface area contributed by atoms with Crippen molar-refractivity contribution in [1.29, 1.82) is 0 Å². The molecule has 3 aromatic heterocycles. The van der Waals surface area contributed by atoms with E-state index in [9.17, 15) is 0 Å². The molecule has 5 nitrogen and oxygen atoms in total. The van der Waals surface area contributed by atoms with Crippen molar-refractivity contribution in [3.8, 4) is 23.0 Å². The summed E-state index contributed by atoms with van der Waals surface area (Å²) in [4.78, 5) is 4.81. The van der Waals surface area contributed by atoms with E-state index in [1.165, 1.54) is 110 Å². The third-order valence-electron chi connectivity index (χ3n) is 13.3. The maximum atomic E-state index is 6.96. The molecule has 0 N–H and O–H groups in total. The molecule has 0 aliphatic heterocycles. The summed E-state index contributed by atoms with van der Waals surface area (Å²) < 4.78 is 11.7. The molecule has 2 fully saturated rings. The fourth-order valence-corrected chi connectivity index (χ4v) is 10.4. The maximum Gasteiger partial charge on any atom is 0.137 e. The molecule has 284 valence electrons. The molecule has 9 rings (SSSR count). The number of aromatic nitrogens is 4. The number of allylic oxidation sites excluding steroid dienone is 2. The van der Waals surface area contributed by atoms with E-state index in [4.69, 9.17) is 14.8 Å². The number of aryl methyl sites for hydroxylation is 1. The van der Waals surface area contributed by atoms with Crippen LogP contribution in [0.25, 0.3) is 33.3 Å². The van der Waals surface area contributed by atoms with Crippen LogP contribution in [0.1, 0.15) is 156 Å². The second kappa shape index (κ2) is 15.1. The third-order valence-corrected chi connectivity index (χ3v) is 13.3. The standard InChI is InChI=1S/C50H58N4O/c1-32(2)38-28-39(30-41(29-38)55-40-23-24-43-42-21-12-13-22-44(42)53(45(43)31-40)46-27-33(3)25-26-51-46)54-50(37-19-10-7-11-20-37)48(47-34(4)15-14-16-35(47)5)49(52-54)36-17-8-6-9-18-36/h12-13,15,21-32,35-37,47H,6-11,14,16-20H2,1-5H3/t35-,47?/m0/s1. The fourth-order valence-electron chi connectivity index (χ4n) is 10.4.